The predicted octanol–water partition coefficient (Wildman–Crippen LogP) is 12.5. The van der Waals surface area contributed by atoms with Gasteiger partial charge in [-0.05, 0) is 82.1 Å². The van der Waals surface area contributed by atoms with Crippen LogP contribution in [0.2, 0.25) is 0 Å². The molecule has 0 N–H and O–H groups in total. The third kappa shape index (κ3) is 4.71. The van der Waals surface area contributed by atoms with Gasteiger partial charge in [-0.15, -0.1) is 11.3 Å². The molecular weight excluding hydrogens is 735 g/mol. The number of ether oxygens (including phenoxy) is 1. The summed E-state index contributed by atoms with van der Waals surface area (Å²) in [6, 6.07) is 73.3. The first kappa shape index (κ1) is 32.7. The van der Waals surface area contributed by atoms with Gasteiger partial charge in [-0.3, -0.25) is 0 Å². The maximum absolute atomic E-state index is 6.73. The summed E-state index contributed by atoms with van der Waals surface area (Å²) in [5.74, 6) is 1.77. The molecule has 5 heteroatoms. The van der Waals surface area contributed by atoms with E-state index in [1.54, 1.807) is 0 Å². The van der Waals surface area contributed by atoms with Gasteiger partial charge in [0, 0.05) is 53.1 Å². The molecule has 59 heavy (non-hydrogen) atoms. The molecule has 9 aromatic carbocycles. The van der Waals surface area contributed by atoms with E-state index in [1.807, 2.05) is 11.3 Å². The van der Waals surface area contributed by atoms with Crippen molar-refractivity contribution in [3.8, 4) is 34.0 Å². The third-order valence-corrected chi connectivity index (χ3v) is 13.7. The highest BCUT2D eigenvalue weighted by Gasteiger charge is 2.37. The molecule has 0 radical (unpaired) electrons. The van der Waals surface area contributed by atoms with E-state index in [-0.39, 0.29) is 6.71 Å². The lowest BCUT2D eigenvalue weighted by Crippen LogP contribution is -2.56. The van der Waals surface area contributed by atoms with Gasteiger partial charge in [-0.1, -0.05) is 146 Å². The fraction of sp³-hybridized carbons (Fsp3) is 0. The van der Waals surface area contributed by atoms with Crippen LogP contribution < -0.4 is 21.1 Å². The van der Waals surface area contributed by atoms with E-state index < -0.39 is 0 Å². The van der Waals surface area contributed by atoms with Crippen molar-refractivity contribution in [1.82, 2.24) is 9.13 Å². The van der Waals surface area contributed by atoms with Crippen molar-refractivity contribution in [2.24, 2.45) is 0 Å². The minimum Gasteiger partial charge on any atom is -0.458 e. The van der Waals surface area contributed by atoms with Crippen molar-refractivity contribution in [3.05, 3.63) is 200 Å². The van der Waals surface area contributed by atoms with Gasteiger partial charge in [0.2, 0.25) is 0 Å². The largest absolute Gasteiger partial charge is 0.458 e. The lowest BCUT2D eigenvalue weighted by atomic mass is 9.35. The summed E-state index contributed by atoms with van der Waals surface area (Å²) in [5, 5.41) is 7.52. The zero-order valence-electron chi connectivity index (χ0n) is 31.8. The van der Waals surface area contributed by atoms with Crippen molar-refractivity contribution < 1.29 is 4.74 Å². The Morgan fingerprint density at radius 2 is 0.814 bits per heavy atom. The number of benzene rings is 9. The van der Waals surface area contributed by atoms with E-state index in [4.69, 9.17) is 4.74 Å². The van der Waals surface area contributed by atoms with Crippen molar-refractivity contribution >= 4 is 98.2 Å². The summed E-state index contributed by atoms with van der Waals surface area (Å²) in [7, 11) is 0. The summed E-state index contributed by atoms with van der Waals surface area (Å²) >= 11 is 1.88. The second-order valence-corrected chi connectivity index (χ2v) is 16.6. The quantitative estimate of drug-likeness (QED) is 0.163. The van der Waals surface area contributed by atoms with E-state index in [0.717, 1.165) is 33.8 Å². The van der Waals surface area contributed by atoms with Crippen LogP contribution >= 0.6 is 11.3 Å². The number of para-hydroxylation sites is 6. The van der Waals surface area contributed by atoms with Crippen LogP contribution in [0.5, 0.6) is 11.5 Å². The van der Waals surface area contributed by atoms with Crippen LogP contribution in [0.1, 0.15) is 0 Å². The molecule has 0 spiro atoms. The Labute approximate surface area is 344 Å². The number of thiophene rings is 1. The van der Waals surface area contributed by atoms with Crippen molar-refractivity contribution in [3.63, 3.8) is 0 Å². The van der Waals surface area contributed by atoms with Gasteiger partial charge >= 0.3 is 0 Å². The van der Waals surface area contributed by atoms with E-state index in [2.05, 4.69) is 209 Å². The molecular formula is C54H33BN2OS. The van der Waals surface area contributed by atoms with E-state index in [0.29, 0.717) is 0 Å². The molecule has 0 atom stereocenters. The molecule has 0 saturated carbocycles. The molecule has 0 unspecified atom stereocenters. The van der Waals surface area contributed by atoms with Gasteiger partial charge in [-0.2, -0.15) is 0 Å². The van der Waals surface area contributed by atoms with Crippen molar-refractivity contribution in [1.29, 1.82) is 0 Å². The molecule has 1 aliphatic heterocycles. The first-order valence-electron chi connectivity index (χ1n) is 20.2. The molecule has 0 fully saturated rings. The molecule has 0 bridgehead atoms. The van der Waals surface area contributed by atoms with Gasteiger partial charge in [0.25, 0.3) is 6.71 Å². The van der Waals surface area contributed by atoms with Gasteiger partial charge in [0.05, 0.1) is 22.1 Å². The molecule has 12 aromatic rings. The number of rotatable bonds is 4. The van der Waals surface area contributed by atoms with Crippen molar-refractivity contribution in [2.75, 3.05) is 0 Å². The van der Waals surface area contributed by atoms with Gasteiger partial charge < -0.3 is 13.9 Å². The Balaban J connectivity index is 1.27. The Morgan fingerprint density at radius 3 is 1.34 bits per heavy atom. The molecule has 4 heterocycles. The van der Waals surface area contributed by atoms with Crippen LogP contribution in [0, 0.1) is 0 Å². The third-order valence-electron chi connectivity index (χ3n) is 12.5. The number of aromatic nitrogens is 2. The van der Waals surface area contributed by atoms with E-state index in [1.165, 1.54) is 80.4 Å². The minimum absolute atomic E-state index is 0.157. The summed E-state index contributed by atoms with van der Waals surface area (Å²) in [5.41, 5.74) is 12.9. The number of nitrogens with zero attached hydrogens (tertiary/aromatic N) is 2. The zero-order chi connectivity index (χ0) is 38.6. The lowest BCUT2D eigenvalue weighted by molar-refractivity contribution is 0.487. The topological polar surface area (TPSA) is 19.1 Å². The fourth-order valence-corrected chi connectivity index (χ4v) is 11.2. The average molecular weight is 769 g/mol. The van der Waals surface area contributed by atoms with E-state index in [9.17, 15) is 0 Å². The van der Waals surface area contributed by atoms with E-state index >= 15 is 0 Å². The summed E-state index contributed by atoms with van der Waals surface area (Å²) < 4.78 is 14.4. The molecule has 3 aromatic heterocycles. The first-order chi connectivity index (χ1) is 29.3. The second kappa shape index (κ2) is 12.6. The van der Waals surface area contributed by atoms with Crippen LogP contribution in [0.4, 0.5) is 0 Å². The molecule has 3 nitrogen and oxygen atoms in total. The monoisotopic (exact) mass is 768 g/mol. The number of hydrogen-bond donors (Lipinski definition) is 0. The van der Waals surface area contributed by atoms with Crippen LogP contribution in [-0.2, 0) is 0 Å². The Morgan fingerprint density at radius 1 is 0.390 bits per heavy atom. The lowest BCUT2D eigenvalue weighted by Gasteiger charge is -2.31. The maximum Gasteiger partial charge on any atom is 0.256 e. The van der Waals surface area contributed by atoms with Crippen LogP contribution in [0.15, 0.2) is 200 Å². The molecule has 0 aliphatic carbocycles. The smallest absolute Gasteiger partial charge is 0.256 e. The average Bonchev–Trinajstić information content (AvgIpc) is 3.96. The Bertz CT molecular complexity index is 3400. The number of fused-ring (bicyclic) bond motifs is 11. The standard InChI is InChI=1S/C54H33BN2OS/c1-8-25-44-36(16-1)37-17-2-9-26-45(37)56(44)48-32-34(35-21-15-22-41-40-20-5-14-31-52(40)59-54(35)41)33-49(57-46-27-10-3-18-38(46)39-19-4-11-28-47(39)57)53(48)55-42-23-6-12-29-50(42)58-51-30-13-7-24-43(51)55/h1-33H. The molecule has 0 saturated heterocycles. The van der Waals surface area contributed by atoms with Crippen LogP contribution in [0.25, 0.3) is 86.3 Å². The van der Waals surface area contributed by atoms with Gasteiger partial charge in [0.1, 0.15) is 11.5 Å². The molecule has 0 amide bonds. The van der Waals surface area contributed by atoms with Crippen LogP contribution in [-0.4, -0.2) is 15.8 Å². The van der Waals surface area contributed by atoms with Gasteiger partial charge in [-0.25, -0.2) is 0 Å². The summed E-state index contributed by atoms with van der Waals surface area (Å²) in [6.07, 6.45) is 0. The molecule has 13 rings (SSSR count). The summed E-state index contributed by atoms with van der Waals surface area (Å²) in [4.78, 5) is 0. The maximum atomic E-state index is 6.73. The Kier molecular flexibility index (Phi) is 6.98. The molecule has 1 aliphatic rings. The highest BCUT2D eigenvalue weighted by molar-refractivity contribution is 7.26. The highest BCUT2D eigenvalue weighted by atomic mass is 32.1. The van der Waals surface area contributed by atoms with Crippen LogP contribution in [0.3, 0.4) is 0 Å². The zero-order valence-corrected chi connectivity index (χ0v) is 32.7. The predicted molar refractivity (Wildman–Crippen MR) is 251 cm³/mol. The SMILES string of the molecule is c1ccc2c(c1)Oc1ccccc1B2c1c(-n2c3ccccc3c3ccccc32)cc(-c2cccc3c2sc2ccccc23)cc1-n1c2ccccc2c2ccccc21. The highest BCUT2D eigenvalue weighted by Crippen LogP contribution is 2.43. The minimum atomic E-state index is -0.157. The Hall–Kier alpha value is -7.34. The first-order valence-corrected chi connectivity index (χ1v) is 21.0. The summed E-state index contributed by atoms with van der Waals surface area (Å²) in [6.45, 7) is -0.157. The molecule has 274 valence electrons. The number of hydrogen-bond acceptors (Lipinski definition) is 2. The van der Waals surface area contributed by atoms with Crippen molar-refractivity contribution in [2.45, 2.75) is 0 Å². The van der Waals surface area contributed by atoms with Gasteiger partial charge in [0.15, 0.2) is 0 Å². The second-order valence-electron chi connectivity index (χ2n) is 15.6. The normalized spacial score (nSPS) is 12.5. The fourth-order valence-electron chi connectivity index (χ4n) is 10.0.